The highest BCUT2D eigenvalue weighted by atomic mass is 35.5. The largest absolute Gasteiger partial charge is 0.490 e. The minimum absolute atomic E-state index is 0.0343. The molecule has 1 saturated heterocycles. The Morgan fingerprint density at radius 3 is 2.37 bits per heavy atom. The third-order valence-electron chi connectivity index (χ3n) is 3.33. The fraction of sp³-hybridized carbons (Fsp3) is 0.467. The highest BCUT2D eigenvalue weighted by molar-refractivity contribution is 6.30. The Balaban J connectivity index is 0.000000445. The first-order valence-corrected chi connectivity index (χ1v) is 8.05. The smallest absolute Gasteiger partial charge is 0.484 e. The summed E-state index contributed by atoms with van der Waals surface area (Å²) in [5.74, 6) is -3.19. The number of carbonyl (C=O) groups excluding carboxylic acids is 1. The van der Waals surface area contributed by atoms with E-state index >= 15 is 0 Å². The SMILES string of the molecule is NC1CCN(NC(=O)COc2ccc(F)c(Cl)c2)CC1.O=C(O)C(F)(F)F. The molecule has 0 spiro atoms. The average molecular weight is 416 g/mol. The summed E-state index contributed by atoms with van der Waals surface area (Å²) in [4.78, 5) is 20.6. The number of carbonyl (C=O) groups is 2. The molecule has 7 nitrogen and oxygen atoms in total. The molecule has 1 aliphatic heterocycles. The maximum Gasteiger partial charge on any atom is 0.490 e. The van der Waals surface area contributed by atoms with Crippen molar-refractivity contribution in [3.05, 3.63) is 29.0 Å². The molecule has 0 bridgehead atoms. The van der Waals surface area contributed by atoms with Gasteiger partial charge in [-0.1, -0.05) is 11.6 Å². The molecule has 0 unspecified atom stereocenters. The minimum Gasteiger partial charge on any atom is -0.484 e. The molecule has 0 aromatic heterocycles. The lowest BCUT2D eigenvalue weighted by Gasteiger charge is -2.30. The van der Waals surface area contributed by atoms with Gasteiger partial charge in [-0.15, -0.1) is 0 Å². The molecule has 152 valence electrons. The monoisotopic (exact) mass is 415 g/mol. The minimum atomic E-state index is -5.08. The number of hydrogen-bond donors (Lipinski definition) is 3. The molecular weight excluding hydrogens is 398 g/mol. The van der Waals surface area contributed by atoms with Gasteiger partial charge in [-0.2, -0.15) is 13.2 Å². The van der Waals surface area contributed by atoms with Crippen molar-refractivity contribution < 1.29 is 37.0 Å². The van der Waals surface area contributed by atoms with Gasteiger partial charge in [0.05, 0.1) is 5.02 Å². The van der Waals surface area contributed by atoms with Crippen molar-refractivity contribution in [1.82, 2.24) is 10.4 Å². The molecule has 1 fully saturated rings. The third-order valence-corrected chi connectivity index (χ3v) is 3.62. The topological polar surface area (TPSA) is 105 Å². The molecule has 1 heterocycles. The van der Waals surface area contributed by atoms with E-state index in [9.17, 15) is 22.4 Å². The summed E-state index contributed by atoms with van der Waals surface area (Å²) < 4.78 is 49.9. The number of halogens is 5. The first kappa shape index (κ1) is 22.9. The summed E-state index contributed by atoms with van der Waals surface area (Å²) in [6.07, 6.45) is -3.37. The number of hydrazine groups is 1. The summed E-state index contributed by atoms with van der Waals surface area (Å²) in [5.41, 5.74) is 8.52. The van der Waals surface area contributed by atoms with E-state index in [2.05, 4.69) is 5.43 Å². The van der Waals surface area contributed by atoms with Crippen LogP contribution < -0.4 is 15.9 Å². The lowest BCUT2D eigenvalue weighted by molar-refractivity contribution is -0.192. The number of ether oxygens (including phenoxy) is 1. The highest BCUT2D eigenvalue weighted by Gasteiger charge is 2.38. The van der Waals surface area contributed by atoms with Crippen LogP contribution in [0.4, 0.5) is 17.6 Å². The molecular formula is C15H18ClF4N3O4. The Morgan fingerprint density at radius 1 is 1.33 bits per heavy atom. The maximum atomic E-state index is 13.0. The summed E-state index contributed by atoms with van der Waals surface area (Å²) in [7, 11) is 0. The lowest BCUT2D eigenvalue weighted by Crippen LogP contribution is -2.50. The van der Waals surface area contributed by atoms with Gasteiger partial charge in [-0.25, -0.2) is 14.2 Å². The summed E-state index contributed by atoms with van der Waals surface area (Å²) in [6, 6.07) is 4.17. The second-order valence-electron chi connectivity index (χ2n) is 5.53. The number of rotatable bonds is 4. The Kier molecular flexibility index (Phi) is 8.73. The van der Waals surface area contributed by atoms with Crippen molar-refractivity contribution in [2.24, 2.45) is 5.73 Å². The second-order valence-corrected chi connectivity index (χ2v) is 5.93. The van der Waals surface area contributed by atoms with Crippen LogP contribution in [0.2, 0.25) is 5.02 Å². The first-order chi connectivity index (χ1) is 12.5. The Morgan fingerprint density at radius 2 is 1.89 bits per heavy atom. The number of piperidine rings is 1. The van der Waals surface area contributed by atoms with Crippen molar-refractivity contribution in [1.29, 1.82) is 0 Å². The number of benzene rings is 1. The number of nitrogens with two attached hydrogens (primary N) is 1. The fourth-order valence-corrected chi connectivity index (χ4v) is 2.11. The van der Waals surface area contributed by atoms with Crippen LogP contribution >= 0.6 is 11.6 Å². The third kappa shape index (κ3) is 8.89. The van der Waals surface area contributed by atoms with Crippen LogP contribution in [0.3, 0.4) is 0 Å². The fourth-order valence-electron chi connectivity index (χ4n) is 1.94. The molecule has 0 saturated carbocycles. The Labute approximate surface area is 157 Å². The van der Waals surface area contributed by atoms with Gasteiger partial charge in [0, 0.05) is 25.2 Å². The number of nitrogens with one attached hydrogen (secondary N) is 1. The zero-order chi connectivity index (χ0) is 20.6. The van der Waals surface area contributed by atoms with Crippen molar-refractivity contribution >= 4 is 23.5 Å². The molecule has 1 aromatic rings. The van der Waals surface area contributed by atoms with Crippen molar-refractivity contribution in [3.63, 3.8) is 0 Å². The Bertz CT molecular complexity index is 652. The number of hydrogen-bond acceptors (Lipinski definition) is 5. The van der Waals surface area contributed by atoms with Gasteiger partial charge < -0.3 is 15.6 Å². The molecule has 1 aliphatic rings. The Hall–Kier alpha value is -2.11. The predicted molar refractivity (Wildman–Crippen MR) is 87.5 cm³/mol. The zero-order valence-corrected chi connectivity index (χ0v) is 14.7. The van der Waals surface area contributed by atoms with E-state index in [-0.39, 0.29) is 23.6 Å². The van der Waals surface area contributed by atoms with E-state index in [0.717, 1.165) is 25.9 Å². The van der Waals surface area contributed by atoms with Crippen molar-refractivity contribution in [2.45, 2.75) is 25.1 Å². The van der Waals surface area contributed by atoms with Gasteiger partial charge in [-0.05, 0) is 25.0 Å². The summed E-state index contributed by atoms with van der Waals surface area (Å²) >= 11 is 5.62. The highest BCUT2D eigenvalue weighted by Crippen LogP contribution is 2.20. The molecule has 0 atom stereocenters. The number of carboxylic acid groups (broad SMARTS) is 1. The lowest BCUT2D eigenvalue weighted by atomic mass is 10.1. The van der Waals surface area contributed by atoms with E-state index in [4.69, 9.17) is 32.0 Å². The number of amides is 1. The van der Waals surface area contributed by atoms with Crippen molar-refractivity contribution in [3.8, 4) is 5.75 Å². The summed E-state index contributed by atoms with van der Waals surface area (Å²) in [6.45, 7) is 1.31. The first-order valence-electron chi connectivity index (χ1n) is 7.67. The van der Waals surface area contributed by atoms with Crippen LogP contribution in [-0.4, -0.2) is 53.9 Å². The van der Waals surface area contributed by atoms with Crippen LogP contribution in [0.25, 0.3) is 0 Å². The maximum absolute atomic E-state index is 13.0. The van der Waals surface area contributed by atoms with Crippen LogP contribution in [0.5, 0.6) is 5.75 Å². The molecule has 0 radical (unpaired) electrons. The van der Waals surface area contributed by atoms with Gasteiger partial charge >= 0.3 is 12.1 Å². The van der Waals surface area contributed by atoms with Gasteiger partial charge in [0.1, 0.15) is 11.6 Å². The number of nitrogens with zero attached hydrogens (tertiary/aromatic N) is 1. The average Bonchev–Trinajstić information content (AvgIpc) is 2.58. The molecule has 1 amide bonds. The molecule has 2 rings (SSSR count). The molecule has 27 heavy (non-hydrogen) atoms. The van der Waals surface area contributed by atoms with Crippen molar-refractivity contribution in [2.75, 3.05) is 19.7 Å². The van der Waals surface area contributed by atoms with E-state index in [1.54, 1.807) is 0 Å². The van der Waals surface area contributed by atoms with E-state index < -0.39 is 18.0 Å². The van der Waals surface area contributed by atoms with Gasteiger partial charge in [0.25, 0.3) is 5.91 Å². The van der Waals surface area contributed by atoms with E-state index in [1.807, 2.05) is 5.01 Å². The van der Waals surface area contributed by atoms with Gasteiger partial charge in [0.15, 0.2) is 6.61 Å². The van der Waals surface area contributed by atoms with Crippen LogP contribution in [0.1, 0.15) is 12.8 Å². The van der Waals surface area contributed by atoms with Gasteiger partial charge in [0.2, 0.25) is 0 Å². The zero-order valence-electron chi connectivity index (χ0n) is 13.9. The second kappa shape index (κ2) is 10.3. The molecule has 12 heteroatoms. The quantitative estimate of drug-likeness (QED) is 0.649. The van der Waals surface area contributed by atoms with Crippen LogP contribution in [0.15, 0.2) is 18.2 Å². The number of aliphatic carboxylic acids is 1. The molecule has 0 aliphatic carbocycles. The number of alkyl halides is 3. The van der Waals surface area contributed by atoms with Crippen LogP contribution in [-0.2, 0) is 9.59 Å². The molecule has 1 aromatic carbocycles. The van der Waals surface area contributed by atoms with Crippen LogP contribution in [0, 0.1) is 5.82 Å². The van der Waals surface area contributed by atoms with E-state index in [0.29, 0.717) is 5.75 Å². The standard InChI is InChI=1S/C13H17ClFN3O2.C2HF3O2/c14-11-7-10(1-2-12(11)15)20-8-13(19)17-18-5-3-9(16)4-6-18;3-2(4,5)1(6)7/h1-2,7,9H,3-6,8,16H2,(H,17,19);(H,6,7). The number of carboxylic acids is 1. The normalized spacial score (nSPS) is 15.5. The van der Waals surface area contributed by atoms with Gasteiger partial charge in [-0.3, -0.25) is 10.2 Å². The van der Waals surface area contributed by atoms with E-state index in [1.165, 1.54) is 18.2 Å². The summed E-state index contributed by atoms with van der Waals surface area (Å²) in [5, 5.41) is 8.92. The predicted octanol–water partition coefficient (Wildman–Crippen LogP) is 1.95. The molecule has 4 N–H and O–H groups in total.